The van der Waals surface area contributed by atoms with Gasteiger partial charge in [-0.25, -0.2) is 9.59 Å². The number of hydrogen-bond donors (Lipinski definition) is 4. The molecule has 1 aromatic carbocycles. The number of amides is 3. The second-order valence-electron chi connectivity index (χ2n) is 12.0. The van der Waals surface area contributed by atoms with E-state index in [1.165, 1.54) is 7.11 Å². The molecule has 2 rings (SSSR count). The zero-order chi connectivity index (χ0) is 30.6. The van der Waals surface area contributed by atoms with Crippen molar-refractivity contribution in [3.63, 3.8) is 0 Å². The first kappa shape index (κ1) is 34.0. The third kappa shape index (κ3) is 11.7. The first-order valence-corrected chi connectivity index (χ1v) is 14.3. The minimum atomic E-state index is -1.54. The minimum absolute atomic E-state index is 0.0642. The topological polar surface area (TPSA) is 152 Å². The summed E-state index contributed by atoms with van der Waals surface area (Å²) in [4.78, 5) is 52.2. The van der Waals surface area contributed by atoms with Crippen LogP contribution >= 0.6 is 0 Å². The van der Waals surface area contributed by atoms with Gasteiger partial charge in [0.15, 0.2) is 0 Å². The number of hydrogen-bond acceptors (Lipinski definition) is 8. The number of alkyl carbamates (subject to hydrolysis) is 1. The molecule has 0 aliphatic heterocycles. The van der Waals surface area contributed by atoms with Gasteiger partial charge in [-0.15, -0.1) is 0 Å². The molecular formula is C30H47N3O8. The van der Waals surface area contributed by atoms with Crippen molar-refractivity contribution >= 4 is 23.9 Å². The SMILES string of the molecule is COC(=O)[C@H](CC(C)C)NC(=O)[C@@H](NC(=O)[C@H](COCc1ccccc1)NC(=O)OC(C)(C)C)C1(O)CCCCC1. The Hall–Kier alpha value is -3.18. The van der Waals surface area contributed by atoms with Crippen molar-refractivity contribution in [2.45, 2.75) is 109 Å². The van der Waals surface area contributed by atoms with Gasteiger partial charge in [0.05, 0.1) is 25.9 Å². The molecule has 0 bridgehead atoms. The molecule has 3 amide bonds. The van der Waals surface area contributed by atoms with Crippen LogP contribution in [0.2, 0.25) is 0 Å². The highest BCUT2D eigenvalue weighted by Crippen LogP contribution is 2.31. The quantitative estimate of drug-likeness (QED) is 0.261. The van der Waals surface area contributed by atoms with E-state index in [-0.39, 0.29) is 32.0 Å². The molecular weight excluding hydrogens is 530 g/mol. The van der Waals surface area contributed by atoms with E-state index in [2.05, 4.69) is 16.0 Å². The Bertz CT molecular complexity index is 1000. The maximum absolute atomic E-state index is 13.6. The van der Waals surface area contributed by atoms with Gasteiger partial charge in [-0.05, 0) is 51.5 Å². The van der Waals surface area contributed by atoms with E-state index in [0.29, 0.717) is 19.3 Å². The smallest absolute Gasteiger partial charge is 0.408 e. The maximum atomic E-state index is 13.6. The molecule has 1 saturated carbocycles. The molecule has 1 aromatic rings. The van der Waals surface area contributed by atoms with Gasteiger partial charge in [-0.3, -0.25) is 9.59 Å². The largest absolute Gasteiger partial charge is 0.467 e. The molecule has 0 radical (unpaired) electrons. The first-order valence-electron chi connectivity index (χ1n) is 14.3. The Morgan fingerprint density at radius 3 is 2.12 bits per heavy atom. The Kier molecular flexibility index (Phi) is 13.0. The summed E-state index contributed by atoms with van der Waals surface area (Å²) >= 11 is 0. The predicted octanol–water partition coefficient (Wildman–Crippen LogP) is 2.98. The van der Waals surface area contributed by atoms with Crippen LogP contribution in [0.25, 0.3) is 0 Å². The molecule has 0 spiro atoms. The lowest BCUT2D eigenvalue weighted by Gasteiger charge is -2.39. The van der Waals surface area contributed by atoms with Crippen LogP contribution in [-0.2, 0) is 35.2 Å². The van der Waals surface area contributed by atoms with Crippen molar-refractivity contribution in [3.05, 3.63) is 35.9 Å². The molecule has 4 N–H and O–H groups in total. The highest BCUT2D eigenvalue weighted by atomic mass is 16.6. The Labute approximate surface area is 243 Å². The number of rotatable bonds is 13. The number of aliphatic hydroxyl groups is 1. The summed E-state index contributed by atoms with van der Waals surface area (Å²) < 4.78 is 15.9. The van der Waals surface area contributed by atoms with Crippen LogP contribution in [0.3, 0.4) is 0 Å². The number of carbonyl (C=O) groups is 4. The highest BCUT2D eigenvalue weighted by Gasteiger charge is 2.45. The fourth-order valence-electron chi connectivity index (χ4n) is 4.72. The summed E-state index contributed by atoms with van der Waals surface area (Å²) in [6.07, 6.45) is 2.28. The van der Waals surface area contributed by atoms with Crippen molar-refractivity contribution < 1.29 is 38.5 Å². The molecule has 11 nitrogen and oxygen atoms in total. The Morgan fingerprint density at radius 1 is 0.927 bits per heavy atom. The third-order valence-corrected chi connectivity index (χ3v) is 6.72. The molecule has 0 saturated heterocycles. The van der Waals surface area contributed by atoms with Gasteiger partial charge in [0.25, 0.3) is 0 Å². The van der Waals surface area contributed by atoms with Crippen LogP contribution in [0.15, 0.2) is 30.3 Å². The van der Waals surface area contributed by atoms with Crippen molar-refractivity contribution in [2.24, 2.45) is 5.92 Å². The molecule has 41 heavy (non-hydrogen) atoms. The van der Waals surface area contributed by atoms with Crippen LogP contribution in [0.1, 0.15) is 78.7 Å². The summed E-state index contributed by atoms with van der Waals surface area (Å²) in [7, 11) is 1.23. The summed E-state index contributed by atoms with van der Waals surface area (Å²) in [5.74, 6) is -2.00. The van der Waals surface area contributed by atoms with E-state index in [0.717, 1.165) is 12.0 Å². The standard InChI is InChI=1S/C30H47N3O8/c1-20(2)17-22(27(36)39-6)31-26(35)24(30(38)15-11-8-12-16-30)33-25(34)23(32-28(37)41-29(3,4)5)19-40-18-21-13-9-7-10-14-21/h7,9-10,13-14,20,22-24,38H,8,11-12,15-19H2,1-6H3,(H,31,35)(H,32,37)(H,33,34)/t22-,23-,24+/m0/s1. The molecule has 0 heterocycles. The predicted molar refractivity (Wildman–Crippen MR) is 153 cm³/mol. The van der Waals surface area contributed by atoms with E-state index in [4.69, 9.17) is 14.2 Å². The molecule has 230 valence electrons. The van der Waals surface area contributed by atoms with E-state index in [9.17, 15) is 24.3 Å². The van der Waals surface area contributed by atoms with E-state index in [1.54, 1.807) is 20.8 Å². The van der Waals surface area contributed by atoms with Gasteiger partial charge >= 0.3 is 12.1 Å². The lowest BCUT2D eigenvalue weighted by Crippen LogP contribution is -2.65. The van der Waals surface area contributed by atoms with Crippen LogP contribution in [0.5, 0.6) is 0 Å². The summed E-state index contributed by atoms with van der Waals surface area (Å²) in [6.45, 7) is 8.86. The lowest BCUT2D eigenvalue weighted by atomic mass is 9.78. The van der Waals surface area contributed by atoms with E-state index < -0.39 is 53.2 Å². The van der Waals surface area contributed by atoms with Gasteiger partial charge in [0.2, 0.25) is 11.8 Å². The average molecular weight is 578 g/mol. The van der Waals surface area contributed by atoms with Crippen LogP contribution < -0.4 is 16.0 Å². The molecule has 1 aliphatic carbocycles. The highest BCUT2D eigenvalue weighted by molar-refractivity contribution is 5.94. The number of methoxy groups -OCH3 is 1. The summed E-state index contributed by atoms with van der Waals surface area (Å²) in [5.41, 5.74) is -1.48. The fourth-order valence-corrected chi connectivity index (χ4v) is 4.72. The van der Waals surface area contributed by atoms with Crippen LogP contribution in [-0.4, -0.2) is 72.0 Å². The van der Waals surface area contributed by atoms with Gasteiger partial charge in [-0.1, -0.05) is 63.4 Å². The fraction of sp³-hybridized carbons (Fsp3) is 0.667. The maximum Gasteiger partial charge on any atom is 0.408 e. The number of benzene rings is 1. The number of esters is 1. The average Bonchev–Trinajstić information content (AvgIpc) is 2.89. The van der Waals surface area contributed by atoms with Gasteiger partial charge in [0, 0.05) is 0 Å². The normalized spacial score (nSPS) is 17.1. The van der Waals surface area contributed by atoms with Crippen molar-refractivity contribution in [3.8, 4) is 0 Å². The second kappa shape index (κ2) is 15.7. The van der Waals surface area contributed by atoms with Gasteiger partial charge in [-0.2, -0.15) is 0 Å². The van der Waals surface area contributed by atoms with Crippen LogP contribution in [0.4, 0.5) is 4.79 Å². The third-order valence-electron chi connectivity index (χ3n) is 6.72. The van der Waals surface area contributed by atoms with E-state index in [1.807, 2.05) is 44.2 Å². The van der Waals surface area contributed by atoms with Crippen LogP contribution in [0, 0.1) is 5.92 Å². The Balaban J connectivity index is 2.28. The number of carbonyl (C=O) groups excluding carboxylic acids is 4. The van der Waals surface area contributed by atoms with Gasteiger partial charge < -0.3 is 35.3 Å². The Morgan fingerprint density at radius 2 is 1.56 bits per heavy atom. The monoisotopic (exact) mass is 577 g/mol. The zero-order valence-electron chi connectivity index (χ0n) is 25.2. The molecule has 3 atom stereocenters. The van der Waals surface area contributed by atoms with E-state index >= 15 is 0 Å². The number of ether oxygens (including phenoxy) is 3. The molecule has 11 heteroatoms. The molecule has 0 aromatic heterocycles. The summed E-state index contributed by atoms with van der Waals surface area (Å²) in [5, 5.41) is 19.4. The lowest BCUT2D eigenvalue weighted by molar-refractivity contribution is -0.148. The van der Waals surface area contributed by atoms with Gasteiger partial charge in [0.1, 0.15) is 23.7 Å². The second-order valence-corrected chi connectivity index (χ2v) is 12.0. The van der Waals surface area contributed by atoms with Crippen molar-refractivity contribution in [1.29, 1.82) is 0 Å². The summed E-state index contributed by atoms with van der Waals surface area (Å²) in [6, 6.07) is 5.75. The molecule has 1 aliphatic rings. The van der Waals surface area contributed by atoms with Crippen molar-refractivity contribution in [2.75, 3.05) is 13.7 Å². The molecule has 1 fully saturated rings. The first-order chi connectivity index (χ1) is 19.2. The minimum Gasteiger partial charge on any atom is -0.467 e. The molecule has 0 unspecified atom stereocenters. The zero-order valence-corrected chi connectivity index (χ0v) is 25.2. The number of nitrogens with one attached hydrogen (secondary N) is 3. The van der Waals surface area contributed by atoms with Crippen molar-refractivity contribution in [1.82, 2.24) is 16.0 Å².